The average Bonchev–Trinajstić information content (AvgIpc) is 3.51. The fourth-order valence-electron chi connectivity index (χ4n) is 6.46. The van der Waals surface area contributed by atoms with Gasteiger partial charge in [-0.2, -0.15) is 10.2 Å². The lowest BCUT2D eigenvalue weighted by Crippen LogP contribution is -2.37. The molecular weight excluding hydrogens is 476 g/mol. The molecule has 4 aromatic rings. The molecular formula is C28H27F2N5O2. The molecule has 2 aliphatic carbocycles. The summed E-state index contributed by atoms with van der Waals surface area (Å²) in [6.07, 6.45) is 4.35. The number of pyridine rings is 1. The van der Waals surface area contributed by atoms with E-state index in [1.54, 1.807) is 23.1 Å². The molecule has 1 fully saturated rings. The third-order valence-electron chi connectivity index (χ3n) is 8.32. The number of nitrogens with zero attached hydrogens (tertiary/aromatic N) is 5. The van der Waals surface area contributed by atoms with Gasteiger partial charge in [0.05, 0.1) is 59.2 Å². The van der Waals surface area contributed by atoms with Crippen LogP contribution < -0.4 is 0 Å². The first-order valence-corrected chi connectivity index (χ1v) is 12.4. The summed E-state index contributed by atoms with van der Waals surface area (Å²) in [6.45, 7) is 4.26. The summed E-state index contributed by atoms with van der Waals surface area (Å²) in [5, 5.41) is 32.1. The van der Waals surface area contributed by atoms with Crippen molar-refractivity contribution in [2.24, 2.45) is 5.41 Å². The summed E-state index contributed by atoms with van der Waals surface area (Å²) in [5.41, 5.74) is 3.51. The SMILES string of the molecule is CC1(C)[C@H]2CC[C@]1(c1cccc(-c3cnn(CC(O)CO)c3)n1)c1nnc(-c3c(F)cccc3F)cc12. The lowest BCUT2D eigenvalue weighted by Gasteiger charge is -2.37. The van der Waals surface area contributed by atoms with E-state index in [-0.39, 0.29) is 35.7 Å². The third-order valence-corrected chi connectivity index (χ3v) is 8.32. The standard InChI is InChI=1S/C28H27F2N5O2/c1-27(2)19-9-10-28(27,26-18(19)11-23(33-34-26)25-20(29)5-3-6-21(25)30)24-8-4-7-22(32-24)16-12-31-35(13-16)14-17(37)15-36/h3-8,11-13,17,19,36-37H,9-10,14-15H2,1-2H3/t17?,19-,28-/m0/s1. The van der Waals surface area contributed by atoms with Crippen molar-refractivity contribution in [1.29, 1.82) is 0 Å². The average molecular weight is 504 g/mol. The van der Waals surface area contributed by atoms with Crippen LogP contribution in [0.15, 0.2) is 54.9 Å². The summed E-state index contributed by atoms with van der Waals surface area (Å²) in [5.74, 6) is -1.17. The Balaban J connectivity index is 1.43. The quantitative estimate of drug-likeness (QED) is 0.409. The van der Waals surface area contributed by atoms with Crippen LogP contribution >= 0.6 is 0 Å². The van der Waals surface area contributed by atoms with Crippen LogP contribution in [-0.2, 0) is 12.0 Å². The number of aromatic nitrogens is 5. The summed E-state index contributed by atoms with van der Waals surface area (Å²) >= 11 is 0. The Labute approximate surface area is 212 Å². The Morgan fingerprint density at radius 3 is 2.59 bits per heavy atom. The zero-order valence-electron chi connectivity index (χ0n) is 20.6. The first-order valence-electron chi connectivity index (χ1n) is 12.4. The molecule has 0 radical (unpaired) electrons. The monoisotopic (exact) mass is 503 g/mol. The molecule has 1 saturated carbocycles. The second-order valence-corrected chi connectivity index (χ2v) is 10.5. The van der Waals surface area contributed by atoms with E-state index in [0.717, 1.165) is 41.1 Å². The topological polar surface area (TPSA) is 97.0 Å². The van der Waals surface area contributed by atoms with E-state index in [9.17, 15) is 13.9 Å². The van der Waals surface area contributed by atoms with Gasteiger partial charge in [0.1, 0.15) is 11.6 Å². The maximum atomic E-state index is 14.5. The first kappa shape index (κ1) is 23.8. The van der Waals surface area contributed by atoms with Gasteiger partial charge in [-0.15, -0.1) is 5.10 Å². The number of fused-ring (bicyclic) bond motifs is 5. The molecule has 37 heavy (non-hydrogen) atoms. The summed E-state index contributed by atoms with van der Waals surface area (Å²) in [4.78, 5) is 5.06. The van der Waals surface area contributed by atoms with Gasteiger partial charge in [-0.3, -0.25) is 9.67 Å². The van der Waals surface area contributed by atoms with Gasteiger partial charge in [0, 0.05) is 11.8 Å². The van der Waals surface area contributed by atoms with Gasteiger partial charge in [-0.1, -0.05) is 26.0 Å². The van der Waals surface area contributed by atoms with Crippen molar-refractivity contribution < 1.29 is 19.0 Å². The van der Waals surface area contributed by atoms with Crippen LogP contribution in [0.5, 0.6) is 0 Å². The van der Waals surface area contributed by atoms with Crippen LogP contribution in [0.4, 0.5) is 8.78 Å². The molecule has 7 nitrogen and oxygen atoms in total. The molecule has 0 saturated heterocycles. The maximum Gasteiger partial charge on any atom is 0.135 e. The summed E-state index contributed by atoms with van der Waals surface area (Å²) < 4.78 is 30.6. The number of aliphatic hydroxyl groups is 2. The van der Waals surface area contributed by atoms with E-state index < -0.39 is 23.2 Å². The highest BCUT2D eigenvalue weighted by molar-refractivity contribution is 5.65. The van der Waals surface area contributed by atoms with Crippen molar-refractivity contribution in [3.05, 3.63) is 83.4 Å². The maximum absolute atomic E-state index is 14.5. The summed E-state index contributed by atoms with van der Waals surface area (Å²) in [7, 11) is 0. The van der Waals surface area contributed by atoms with Gasteiger partial charge in [0.2, 0.25) is 0 Å². The Morgan fingerprint density at radius 2 is 1.84 bits per heavy atom. The fourth-order valence-corrected chi connectivity index (χ4v) is 6.46. The van der Waals surface area contributed by atoms with E-state index in [1.165, 1.54) is 18.2 Å². The molecule has 2 aliphatic rings. The molecule has 0 aliphatic heterocycles. The van der Waals surface area contributed by atoms with E-state index in [0.29, 0.717) is 0 Å². The smallest absolute Gasteiger partial charge is 0.135 e. The lowest BCUT2D eigenvalue weighted by molar-refractivity contribution is 0.0783. The molecule has 2 bridgehead atoms. The Morgan fingerprint density at radius 1 is 1.08 bits per heavy atom. The molecule has 2 N–H and O–H groups in total. The number of benzene rings is 1. The first-order chi connectivity index (χ1) is 17.8. The molecule has 3 aromatic heterocycles. The Kier molecular flexibility index (Phi) is 5.47. The molecule has 0 amide bonds. The predicted octanol–water partition coefficient (Wildman–Crippen LogP) is 4.24. The number of aliphatic hydroxyl groups excluding tert-OH is 2. The van der Waals surface area contributed by atoms with Crippen molar-refractivity contribution in [3.8, 4) is 22.5 Å². The van der Waals surface area contributed by atoms with Crippen molar-refractivity contribution >= 4 is 0 Å². The molecule has 190 valence electrons. The predicted molar refractivity (Wildman–Crippen MR) is 132 cm³/mol. The van der Waals surface area contributed by atoms with Crippen molar-refractivity contribution in [2.45, 2.75) is 50.7 Å². The highest BCUT2D eigenvalue weighted by Crippen LogP contribution is 2.69. The zero-order chi connectivity index (χ0) is 25.9. The van der Waals surface area contributed by atoms with Crippen LogP contribution in [0.3, 0.4) is 0 Å². The minimum Gasteiger partial charge on any atom is -0.394 e. The molecule has 3 heterocycles. The van der Waals surface area contributed by atoms with Gasteiger partial charge >= 0.3 is 0 Å². The van der Waals surface area contributed by atoms with Crippen LogP contribution in [0, 0.1) is 17.0 Å². The molecule has 6 rings (SSSR count). The minimum atomic E-state index is -0.890. The molecule has 1 unspecified atom stereocenters. The van der Waals surface area contributed by atoms with Gasteiger partial charge in [0.25, 0.3) is 0 Å². The number of hydrogen-bond acceptors (Lipinski definition) is 6. The van der Waals surface area contributed by atoms with Crippen molar-refractivity contribution in [2.75, 3.05) is 6.61 Å². The highest BCUT2D eigenvalue weighted by Gasteiger charge is 2.65. The van der Waals surface area contributed by atoms with E-state index >= 15 is 0 Å². The molecule has 0 spiro atoms. The molecule has 3 atom stereocenters. The number of halogens is 2. The second kappa shape index (κ2) is 8.49. The second-order valence-electron chi connectivity index (χ2n) is 10.5. The van der Waals surface area contributed by atoms with E-state index in [1.807, 2.05) is 18.2 Å². The Hall–Kier alpha value is -3.56. The van der Waals surface area contributed by atoms with E-state index in [4.69, 9.17) is 10.1 Å². The third kappa shape index (κ3) is 3.44. The highest BCUT2D eigenvalue weighted by atomic mass is 19.1. The largest absolute Gasteiger partial charge is 0.394 e. The Bertz CT molecular complexity index is 1480. The summed E-state index contributed by atoms with van der Waals surface area (Å²) in [6, 6.07) is 11.5. The van der Waals surface area contributed by atoms with Gasteiger partial charge in [0.15, 0.2) is 0 Å². The van der Waals surface area contributed by atoms with E-state index in [2.05, 4.69) is 29.1 Å². The minimum absolute atomic E-state index is 0.153. The van der Waals surface area contributed by atoms with Crippen molar-refractivity contribution in [3.63, 3.8) is 0 Å². The zero-order valence-corrected chi connectivity index (χ0v) is 20.6. The van der Waals surface area contributed by atoms with Gasteiger partial charge < -0.3 is 10.2 Å². The van der Waals surface area contributed by atoms with Gasteiger partial charge in [-0.05, 0) is 60.1 Å². The van der Waals surface area contributed by atoms with Crippen LogP contribution in [0.2, 0.25) is 0 Å². The molecule has 1 aromatic carbocycles. The number of hydrogen-bond donors (Lipinski definition) is 2. The lowest BCUT2D eigenvalue weighted by atomic mass is 9.66. The number of rotatable bonds is 6. The molecule has 9 heteroatoms. The normalized spacial score (nSPS) is 22.3. The van der Waals surface area contributed by atoms with Crippen LogP contribution in [0.1, 0.15) is 49.6 Å². The van der Waals surface area contributed by atoms with Crippen molar-refractivity contribution in [1.82, 2.24) is 25.0 Å². The van der Waals surface area contributed by atoms with Gasteiger partial charge in [-0.25, -0.2) is 8.78 Å². The van der Waals surface area contributed by atoms with Crippen LogP contribution in [-0.4, -0.2) is 47.9 Å². The van der Waals surface area contributed by atoms with Crippen LogP contribution in [0.25, 0.3) is 22.5 Å². The fraction of sp³-hybridized carbons (Fsp3) is 0.357.